The van der Waals surface area contributed by atoms with Gasteiger partial charge in [0.1, 0.15) is 0 Å². The van der Waals surface area contributed by atoms with Gasteiger partial charge in [0.25, 0.3) is 0 Å². The van der Waals surface area contributed by atoms with E-state index in [1.54, 1.807) is 30.3 Å². The van der Waals surface area contributed by atoms with Crippen LogP contribution < -0.4 is 11.5 Å². The average Bonchev–Trinajstić information content (AvgIpc) is 3.01. The zero-order valence-electron chi connectivity index (χ0n) is 21.8. The number of benzene rings is 6. The molecule has 0 atom stereocenters. The summed E-state index contributed by atoms with van der Waals surface area (Å²) in [5.41, 5.74) is 17.4. The minimum atomic E-state index is -1.04. The van der Waals surface area contributed by atoms with Gasteiger partial charge in [0.05, 0.1) is 28.3 Å². The van der Waals surface area contributed by atoms with E-state index in [1.165, 1.54) is 6.07 Å². The van der Waals surface area contributed by atoms with E-state index in [4.69, 9.17) is 11.5 Å². The molecule has 0 spiro atoms. The maximum absolute atomic E-state index is 12.0. The lowest BCUT2D eigenvalue weighted by Gasteiger charge is -2.08. The highest BCUT2D eigenvalue weighted by molar-refractivity contribution is 6.01. The van der Waals surface area contributed by atoms with Crippen molar-refractivity contribution >= 4 is 61.6 Å². The van der Waals surface area contributed by atoms with Gasteiger partial charge in [-0.2, -0.15) is 10.2 Å². The second-order valence-electron chi connectivity index (χ2n) is 9.42. The Kier molecular flexibility index (Phi) is 6.63. The molecule has 6 aromatic rings. The van der Waals surface area contributed by atoms with Crippen LogP contribution in [0.5, 0.6) is 0 Å². The lowest BCUT2D eigenvalue weighted by atomic mass is 9.99. The van der Waals surface area contributed by atoms with Crippen molar-refractivity contribution in [2.75, 3.05) is 11.5 Å². The van der Waals surface area contributed by atoms with E-state index in [9.17, 15) is 9.90 Å². The molecule has 0 heterocycles. The van der Waals surface area contributed by atoms with Crippen LogP contribution >= 0.6 is 0 Å². The number of aromatic carboxylic acids is 1. The van der Waals surface area contributed by atoms with Crippen LogP contribution in [0.25, 0.3) is 32.7 Å². The van der Waals surface area contributed by atoms with E-state index in [2.05, 4.69) is 20.5 Å². The van der Waals surface area contributed by atoms with Crippen molar-refractivity contribution in [3.05, 3.63) is 121 Å². The molecular weight excluding hydrogens is 512 g/mol. The van der Waals surface area contributed by atoms with Crippen LogP contribution in [-0.2, 0) is 0 Å². The summed E-state index contributed by atoms with van der Waals surface area (Å²) in [6.45, 7) is 0. The first-order valence-corrected chi connectivity index (χ1v) is 12.8. The molecule has 0 aliphatic rings. The van der Waals surface area contributed by atoms with Crippen LogP contribution in [0.4, 0.5) is 34.1 Å². The van der Waals surface area contributed by atoms with Gasteiger partial charge in [-0.25, -0.2) is 4.79 Å². The zero-order chi connectivity index (χ0) is 28.3. The third-order valence-corrected chi connectivity index (χ3v) is 6.83. The first kappa shape index (κ1) is 25.4. The van der Waals surface area contributed by atoms with Gasteiger partial charge in [0.15, 0.2) is 0 Å². The Morgan fingerprint density at radius 2 is 1.02 bits per heavy atom. The summed E-state index contributed by atoms with van der Waals surface area (Å²) in [4.78, 5) is 12.0. The number of nitrogens with two attached hydrogens (primary N) is 2. The maximum Gasteiger partial charge on any atom is 0.336 e. The predicted molar refractivity (Wildman–Crippen MR) is 164 cm³/mol. The van der Waals surface area contributed by atoms with Gasteiger partial charge >= 0.3 is 5.97 Å². The van der Waals surface area contributed by atoms with Crippen molar-refractivity contribution in [3.8, 4) is 11.1 Å². The number of carbonyl (C=O) groups is 1. The Hall–Kier alpha value is -5.89. The molecule has 0 aromatic heterocycles. The summed E-state index contributed by atoms with van der Waals surface area (Å²) in [7, 11) is 0. The molecule has 0 amide bonds. The molecule has 6 rings (SSSR count). The van der Waals surface area contributed by atoms with Crippen LogP contribution in [0.1, 0.15) is 10.4 Å². The number of carboxylic acids is 1. The third kappa shape index (κ3) is 5.09. The SMILES string of the molecule is Nc1ccc(N=Nc2ccc(-c3cc(N=Nc4ccc(N)c5ccccc45)ccc3C(=O)O)cc2)c2ccccc12. The van der Waals surface area contributed by atoms with E-state index in [-0.39, 0.29) is 5.56 Å². The Morgan fingerprint density at radius 3 is 1.56 bits per heavy atom. The van der Waals surface area contributed by atoms with Crippen LogP contribution in [-0.4, -0.2) is 11.1 Å². The number of fused-ring (bicyclic) bond motifs is 2. The fourth-order valence-electron chi connectivity index (χ4n) is 4.74. The summed E-state index contributed by atoms with van der Waals surface area (Å²) in [6.07, 6.45) is 0. The minimum Gasteiger partial charge on any atom is -0.478 e. The quantitative estimate of drug-likeness (QED) is 0.144. The Morgan fingerprint density at radius 1 is 0.537 bits per heavy atom. The molecule has 0 aliphatic heterocycles. The minimum absolute atomic E-state index is 0.157. The smallest absolute Gasteiger partial charge is 0.336 e. The molecule has 8 nitrogen and oxygen atoms in total. The van der Waals surface area contributed by atoms with Crippen molar-refractivity contribution < 1.29 is 9.90 Å². The third-order valence-electron chi connectivity index (χ3n) is 6.83. The number of nitrogens with zero attached hydrogens (tertiary/aromatic N) is 4. The van der Waals surface area contributed by atoms with E-state index < -0.39 is 5.97 Å². The molecule has 0 unspecified atom stereocenters. The molecule has 41 heavy (non-hydrogen) atoms. The molecule has 0 radical (unpaired) electrons. The Bertz CT molecular complexity index is 2000. The zero-order valence-corrected chi connectivity index (χ0v) is 21.8. The number of hydrogen-bond acceptors (Lipinski definition) is 7. The maximum atomic E-state index is 12.0. The molecule has 8 heteroatoms. The van der Waals surface area contributed by atoms with Gasteiger partial charge < -0.3 is 16.6 Å². The lowest BCUT2D eigenvalue weighted by Crippen LogP contribution is -1.99. The predicted octanol–water partition coefficient (Wildman–Crippen LogP) is 9.35. The second-order valence-corrected chi connectivity index (χ2v) is 9.42. The van der Waals surface area contributed by atoms with Crippen LogP contribution in [0.15, 0.2) is 136 Å². The Balaban J connectivity index is 1.30. The number of hydrogen-bond donors (Lipinski definition) is 3. The van der Waals surface area contributed by atoms with E-state index in [1.807, 2.05) is 78.9 Å². The van der Waals surface area contributed by atoms with Gasteiger partial charge in [-0.1, -0.05) is 60.7 Å². The second kappa shape index (κ2) is 10.7. The molecule has 6 aromatic carbocycles. The van der Waals surface area contributed by atoms with Crippen molar-refractivity contribution in [1.82, 2.24) is 0 Å². The van der Waals surface area contributed by atoms with Crippen molar-refractivity contribution in [2.45, 2.75) is 0 Å². The van der Waals surface area contributed by atoms with Gasteiger partial charge in [0, 0.05) is 32.9 Å². The highest BCUT2D eigenvalue weighted by Gasteiger charge is 2.13. The van der Waals surface area contributed by atoms with Crippen LogP contribution in [0, 0.1) is 0 Å². The van der Waals surface area contributed by atoms with Crippen LogP contribution in [0.3, 0.4) is 0 Å². The van der Waals surface area contributed by atoms with Gasteiger partial charge in [0.2, 0.25) is 0 Å². The number of carboxylic acid groups (broad SMARTS) is 1. The first-order chi connectivity index (χ1) is 20.0. The molecule has 0 aliphatic carbocycles. The topological polar surface area (TPSA) is 139 Å². The van der Waals surface area contributed by atoms with Crippen molar-refractivity contribution in [3.63, 3.8) is 0 Å². The Labute approximate surface area is 235 Å². The fourth-order valence-corrected chi connectivity index (χ4v) is 4.74. The summed E-state index contributed by atoms with van der Waals surface area (Å²) >= 11 is 0. The largest absolute Gasteiger partial charge is 0.478 e. The molecule has 198 valence electrons. The normalized spacial score (nSPS) is 11.6. The summed E-state index contributed by atoms with van der Waals surface area (Å²) in [5, 5.41) is 31.1. The average molecular weight is 537 g/mol. The fraction of sp³-hybridized carbons (Fsp3) is 0. The van der Waals surface area contributed by atoms with E-state index >= 15 is 0 Å². The van der Waals surface area contributed by atoms with Crippen molar-refractivity contribution in [2.24, 2.45) is 20.5 Å². The van der Waals surface area contributed by atoms with Crippen molar-refractivity contribution in [1.29, 1.82) is 0 Å². The van der Waals surface area contributed by atoms with Gasteiger partial charge in [-0.15, -0.1) is 10.2 Å². The molecule has 0 fully saturated rings. The number of rotatable bonds is 6. The highest BCUT2D eigenvalue weighted by Crippen LogP contribution is 2.35. The van der Waals surface area contributed by atoms with Gasteiger partial charge in [-0.05, 0) is 65.7 Å². The summed E-state index contributed by atoms with van der Waals surface area (Å²) in [6, 6.07) is 34.8. The van der Waals surface area contributed by atoms with E-state index in [0.29, 0.717) is 45.3 Å². The number of anilines is 2. The highest BCUT2D eigenvalue weighted by atomic mass is 16.4. The molecule has 5 N–H and O–H groups in total. The first-order valence-electron chi connectivity index (χ1n) is 12.8. The molecule has 0 saturated heterocycles. The molecular formula is C33H24N6O2. The molecule has 0 saturated carbocycles. The number of nitrogen functional groups attached to an aromatic ring is 2. The van der Waals surface area contributed by atoms with Crippen LogP contribution in [0.2, 0.25) is 0 Å². The monoisotopic (exact) mass is 536 g/mol. The number of azo groups is 2. The molecule has 0 bridgehead atoms. The summed E-state index contributed by atoms with van der Waals surface area (Å²) < 4.78 is 0. The lowest BCUT2D eigenvalue weighted by molar-refractivity contribution is 0.0697. The van der Waals surface area contributed by atoms with Gasteiger partial charge in [-0.3, -0.25) is 0 Å². The standard InChI is InChI=1S/C33H24N6O2/c34-29-15-17-31(25-7-3-1-5-23(25)29)38-36-21-11-9-20(10-12-21)28-19-22(13-14-27(28)33(40)41)37-39-32-18-16-30(35)24-6-2-4-8-26(24)32/h1-19H,34-35H2,(H,40,41). The summed E-state index contributed by atoms with van der Waals surface area (Å²) in [5.74, 6) is -1.04. The van der Waals surface area contributed by atoms with E-state index in [0.717, 1.165) is 21.5 Å².